The van der Waals surface area contributed by atoms with E-state index in [-0.39, 0.29) is 22.8 Å². The summed E-state index contributed by atoms with van der Waals surface area (Å²) in [7, 11) is 0. The molecule has 104 valence electrons. The van der Waals surface area contributed by atoms with Crippen LogP contribution in [0.1, 0.15) is 36.7 Å². The molecule has 2 aliphatic rings. The van der Waals surface area contributed by atoms with Crippen LogP contribution in [0.3, 0.4) is 0 Å². The standard InChI is InChI=1S/C14H18ClNO3/c1-9-7-16(8-14(9,18)10-3-2-4-10)13(17)11-5-6-12(15)19-11/h5-6,9-10,18H,2-4,7-8H2,1H3/t9-,14+/m1/s1. The Bertz CT molecular complexity index is 497. The fourth-order valence-corrected chi connectivity index (χ4v) is 3.34. The summed E-state index contributed by atoms with van der Waals surface area (Å²) in [4.78, 5) is 14.0. The number of rotatable bonds is 2. The molecule has 0 spiro atoms. The molecule has 1 aliphatic carbocycles. The number of likely N-dealkylation sites (tertiary alicyclic amines) is 1. The van der Waals surface area contributed by atoms with Crippen LogP contribution in [0.25, 0.3) is 0 Å². The highest BCUT2D eigenvalue weighted by molar-refractivity contribution is 6.29. The minimum absolute atomic E-state index is 0.104. The lowest BCUT2D eigenvalue weighted by Crippen LogP contribution is -2.48. The van der Waals surface area contributed by atoms with E-state index in [0.717, 1.165) is 12.8 Å². The lowest BCUT2D eigenvalue weighted by molar-refractivity contribution is -0.0660. The summed E-state index contributed by atoms with van der Waals surface area (Å²) in [5, 5.41) is 11.0. The van der Waals surface area contributed by atoms with Crippen LogP contribution in [0.15, 0.2) is 16.5 Å². The molecule has 1 aromatic rings. The number of hydrogen-bond donors (Lipinski definition) is 1. The van der Waals surface area contributed by atoms with Crippen molar-refractivity contribution in [2.24, 2.45) is 11.8 Å². The number of carbonyl (C=O) groups excluding carboxylic acids is 1. The molecular weight excluding hydrogens is 266 g/mol. The Morgan fingerprint density at radius 1 is 1.53 bits per heavy atom. The predicted octanol–water partition coefficient (Wildman–Crippen LogP) is 2.56. The monoisotopic (exact) mass is 283 g/mol. The maximum absolute atomic E-state index is 12.3. The number of furan rings is 1. The van der Waals surface area contributed by atoms with Crippen molar-refractivity contribution in [2.75, 3.05) is 13.1 Å². The highest BCUT2D eigenvalue weighted by Crippen LogP contribution is 2.44. The number of halogens is 1. The fraction of sp³-hybridized carbons (Fsp3) is 0.643. The molecule has 0 unspecified atom stereocenters. The van der Waals surface area contributed by atoms with E-state index in [2.05, 4.69) is 0 Å². The predicted molar refractivity (Wildman–Crippen MR) is 71.1 cm³/mol. The molecule has 1 saturated heterocycles. The Kier molecular flexibility index (Phi) is 3.10. The molecule has 1 aliphatic heterocycles. The average Bonchev–Trinajstić information content (AvgIpc) is 2.82. The number of nitrogens with zero attached hydrogens (tertiary/aromatic N) is 1. The Balaban J connectivity index is 1.75. The molecule has 5 heteroatoms. The van der Waals surface area contributed by atoms with Crippen LogP contribution in [-0.2, 0) is 0 Å². The number of carbonyl (C=O) groups is 1. The first-order chi connectivity index (χ1) is 9.00. The van der Waals surface area contributed by atoms with Gasteiger partial charge in [-0.3, -0.25) is 4.79 Å². The molecule has 4 nitrogen and oxygen atoms in total. The lowest BCUT2D eigenvalue weighted by Gasteiger charge is -2.41. The maximum Gasteiger partial charge on any atom is 0.289 e. The second kappa shape index (κ2) is 4.53. The molecule has 1 aromatic heterocycles. The summed E-state index contributed by atoms with van der Waals surface area (Å²) in [6, 6.07) is 3.14. The first kappa shape index (κ1) is 13.0. The lowest BCUT2D eigenvalue weighted by atomic mass is 9.69. The third-order valence-electron chi connectivity index (χ3n) is 4.68. The van der Waals surface area contributed by atoms with Gasteiger partial charge in [0.1, 0.15) is 0 Å². The van der Waals surface area contributed by atoms with Crippen LogP contribution in [0.2, 0.25) is 5.22 Å². The van der Waals surface area contributed by atoms with Crippen LogP contribution < -0.4 is 0 Å². The Morgan fingerprint density at radius 3 is 2.79 bits per heavy atom. The fourth-order valence-electron chi connectivity index (χ4n) is 3.19. The molecule has 1 amide bonds. The molecule has 3 rings (SSSR count). The van der Waals surface area contributed by atoms with Gasteiger partial charge in [-0.25, -0.2) is 0 Å². The number of aliphatic hydroxyl groups is 1. The van der Waals surface area contributed by atoms with Gasteiger partial charge < -0.3 is 14.4 Å². The quantitative estimate of drug-likeness (QED) is 0.907. The van der Waals surface area contributed by atoms with Crippen LogP contribution in [-0.4, -0.2) is 34.6 Å². The van der Waals surface area contributed by atoms with Crippen molar-refractivity contribution in [3.05, 3.63) is 23.1 Å². The molecule has 2 fully saturated rings. The largest absolute Gasteiger partial charge is 0.440 e. The Hall–Kier alpha value is -1.00. The highest BCUT2D eigenvalue weighted by Gasteiger charge is 2.51. The van der Waals surface area contributed by atoms with Crippen LogP contribution in [0.5, 0.6) is 0 Å². The first-order valence-electron chi connectivity index (χ1n) is 6.77. The number of hydrogen-bond acceptors (Lipinski definition) is 3. The van der Waals surface area contributed by atoms with Gasteiger partial charge in [0.25, 0.3) is 5.91 Å². The van der Waals surface area contributed by atoms with Crippen molar-refractivity contribution in [3.63, 3.8) is 0 Å². The molecule has 1 saturated carbocycles. The molecular formula is C14H18ClNO3. The zero-order chi connectivity index (χ0) is 13.6. The van der Waals surface area contributed by atoms with Gasteiger partial charge in [0.2, 0.25) is 0 Å². The molecule has 2 heterocycles. The van der Waals surface area contributed by atoms with E-state index in [9.17, 15) is 9.90 Å². The van der Waals surface area contributed by atoms with Gasteiger partial charge in [0.15, 0.2) is 11.0 Å². The summed E-state index contributed by atoms with van der Waals surface area (Å²) >= 11 is 5.69. The van der Waals surface area contributed by atoms with Gasteiger partial charge >= 0.3 is 0 Å². The first-order valence-corrected chi connectivity index (χ1v) is 7.15. The minimum Gasteiger partial charge on any atom is -0.440 e. The molecule has 0 radical (unpaired) electrons. The molecule has 19 heavy (non-hydrogen) atoms. The summed E-state index contributed by atoms with van der Waals surface area (Å²) in [5.41, 5.74) is -0.732. The van der Waals surface area contributed by atoms with Gasteiger partial charge in [-0.2, -0.15) is 0 Å². The zero-order valence-electron chi connectivity index (χ0n) is 10.9. The molecule has 1 N–H and O–H groups in total. The zero-order valence-corrected chi connectivity index (χ0v) is 11.7. The summed E-state index contributed by atoms with van der Waals surface area (Å²) < 4.78 is 5.15. The smallest absolute Gasteiger partial charge is 0.289 e. The van der Waals surface area contributed by atoms with Gasteiger partial charge in [0.05, 0.1) is 12.1 Å². The SMILES string of the molecule is C[C@@H]1CN(C(=O)c2ccc(Cl)o2)C[C@@]1(O)C1CCC1. The van der Waals surface area contributed by atoms with Crippen LogP contribution >= 0.6 is 11.6 Å². The third-order valence-corrected chi connectivity index (χ3v) is 4.88. The van der Waals surface area contributed by atoms with E-state index in [0.29, 0.717) is 19.0 Å². The second-order valence-corrected chi connectivity index (χ2v) is 6.18. The van der Waals surface area contributed by atoms with Crippen molar-refractivity contribution in [1.82, 2.24) is 4.90 Å². The average molecular weight is 284 g/mol. The number of β-amino-alcohol motifs (C(OH)–C–C–N with tert-alkyl or cyclic N) is 1. The van der Waals surface area contributed by atoms with E-state index >= 15 is 0 Å². The van der Waals surface area contributed by atoms with Gasteiger partial charge in [-0.05, 0) is 42.5 Å². The summed E-state index contributed by atoms with van der Waals surface area (Å²) in [6.45, 7) is 2.99. The van der Waals surface area contributed by atoms with E-state index in [4.69, 9.17) is 16.0 Å². The topological polar surface area (TPSA) is 53.7 Å². The molecule has 2 atom stereocenters. The van der Waals surface area contributed by atoms with Gasteiger partial charge in [-0.15, -0.1) is 0 Å². The van der Waals surface area contributed by atoms with E-state index in [1.165, 1.54) is 6.42 Å². The number of amides is 1. The Morgan fingerprint density at radius 2 is 2.26 bits per heavy atom. The van der Waals surface area contributed by atoms with E-state index in [1.807, 2.05) is 6.92 Å². The van der Waals surface area contributed by atoms with Crippen molar-refractivity contribution >= 4 is 17.5 Å². The van der Waals surface area contributed by atoms with Crippen molar-refractivity contribution in [2.45, 2.75) is 31.8 Å². The van der Waals surface area contributed by atoms with Crippen molar-refractivity contribution in [1.29, 1.82) is 0 Å². The minimum atomic E-state index is -0.732. The molecule has 0 bridgehead atoms. The summed E-state index contributed by atoms with van der Waals surface area (Å²) in [6.07, 6.45) is 3.31. The highest BCUT2D eigenvalue weighted by atomic mass is 35.5. The van der Waals surface area contributed by atoms with Gasteiger partial charge in [-0.1, -0.05) is 13.3 Å². The van der Waals surface area contributed by atoms with E-state index in [1.54, 1.807) is 17.0 Å². The Labute approximate surface area is 117 Å². The second-order valence-electron chi connectivity index (χ2n) is 5.81. The van der Waals surface area contributed by atoms with Crippen LogP contribution in [0, 0.1) is 11.8 Å². The van der Waals surface area contributed by atoms with Crippen molar-refractivity contribution in [3.8, 4) is 0 Å². The van der Waals surface area contributed by atoms with Crippen LogP contribution in [0.4, 0.5) is 0 Å². The summed E-state index contributed by atoms with van der Waals surface area (Å²) in [5.74, 6) is 0.497. The van der Waals surface area contributed by atoms with E-state index < -0.39 is 5.60 Å². The van der Waals surface area contributed by atoms with Gasteiger partial charge in [0, 0.05) is 12.5 Å². The molecule has 0 aromatic carbocycles. The normalized spacial score (nSPS) is 31.5. The maximum atomic E-state index is 12.3. The van der Waals surface area contributed by atoms with Crippen molar-refractivity contribution < 1.29 is 14.3 Å². The third kappa shape index (κ3) is 2.07.